The molecule has 33 heavy (non-hydrogen) atoms. The Kier molecular flexibility index (Phi) is 5.63. The maximum atomic E-state index is 13.7. The highest BCUT2D eigenvalue weighted by molar-refractivity contribution is 6.08. The average Bonchev–Trinajstić information content (AvgIpc) is 3.32. The fourth-order valence-corrected chi connectivity index (χ4v) is 5.05. The van der Waals surface area contributed by atoms with Gasteiger partial charge in [-0.05, 0) is 60.9 Å². The molecule has 0 radical (unpaired) electrons. The van der Waals surface area contributed by atoms with Gasteiger partial charge in [-0.25, -0.2) is 0 Å². The summed E-state index contributed by atoms with van der Waals surface area (Å²) in [5.41, 5.74) is 4.51. The van der Waals surface area contributed by atoms with Crippen molar-refractivity contribution in [1.82, 2.24) is 0 Å². The van der Waals surface area contributed by atoms with Gasteiger partial charge in [-0.15, -0.1) is 0 Å². The molecule has 0 saturated carbocycles. The SMILES string of the molecule is CCC(=O)N(c1ccccc1)[C@@H]1C[C@H](C)N(C(=O)c2ccc3c(c2)CCO3)c2ccccc21. The van der Waals surface area contributed by atoms with Crippen molar-refractivity contribution in [1.29, 1.82) is 0 Å². The molecule has 0 aliphatic carbocycles. The van der Waals surface area contributed by atoms with E-state index < -0.39 is 0 Å². The predicted molar refractivity (Wildman–Crippen MR) is 130 cm³/mol. The van der Waals surface area contributed by atoms with Crippen LogP contribution in [0.3, 0.4) is 0 Å². The summed E-state index contributed by atoms with van der Waals surface area (Å²) in [6.45, 7) is 4.62. The molecule has 3 aromatic carbocycles. The Morgan fingerprint density at radius 1 is 1.03 bits per heavy atom. The number of fused-ring (bicyclic) bond motifs is 2. The van der Waals surface area contributed by atoms with Gasteiger partial charge in [-0.2, -0.15) is 0 Å². The van der Waals surface area contributed by atoms with E-state index in [1.54, 1.807) is 0 Å². The van der Waals surface area contributed by atoms with Gasteiger partial charge in [0.25, 0.3) is 5.91 Å². The molecular weight excluding hydrogens is 412 g/mol. The molecule has 0 fully saturated rings. The summed E-state index contributed by atoms with van der Waals surface area (Å²) in [6, 6.07) is 23.3. The van der Waals surface area contributed by atoms with Gasteiger partial charge in [-0.3, -0.25) is 9.59 Å². The van der Waals surface area contributed by atoms with Crippen LogP contribution in [-0.4, -0.2) is 24.5 Å². The van der Waals surface area contributed by atoms with E-state index >= 15 is 0 Å². The van der Waals surface area contributed by atoms with E-state index in [0.717, 1.165) is 34.7 Å². The Balaban J connectivity index is 1.55. The fraction of sp³-hybridized carbons (Fsp3) is 0.286. The first-order valence-corrected chi connectivity index (χ1v) is 11.6. The van der Waals surface area contributed by atoms with Crippen LogP contribution in [0.25, 0.3) is 0 Å². The number of anilines is 2. The third-order valence-corrected chi connectivity index (χ3v) is 6.63. The summed E-state index contributed by atoms with van der Waals surface area (Å²) < 4.78 is 5.61. The Labute approximate surface area is 194 Å². The van der Waals surface area contributed by atoms with E-state index in [0.29, 0.717) is 25.0 Å². The smallest absolute Gasteiger partial charge is 0.258 e. The van der Waals surface area contributed by atoms with Crippen LogP contribution >= 0.6 is 0 Å². The second kappa shape index (κ2) is 8.74. The number of amides is 2. The van der Waals surface area contributed by atoms with Crippen LogP contribution in [-0.2, 0) is 11.2 Å². The van der Waals surface area contributed by atoms with Gasteiger partial charge in [0.2, 0.25) is 5.91 Å². The lowest BCUT2D eigenvalue weighted by atomic mass is 9.89. The lowest BCUT2D eigenvalue weighted by molar-refractivity contribution is -0.118. The normalized spacial score (nSPS) is 18.8. The number of carbonyl (C=O) groups is 2. The van der Waals surface area contributed by atoms with E-state index in [9.17, 15) is 9.59 Å². The molecule has 2 amide bonds. The molecule has 0 N–H and O–H groups in total. The van der Waals surface area contributed by atoms with E-state index in [-0.39, 0.29) is 23.9 Å². The van der Waals surface area contributed by atoms with Crippen LogP contribution in [0.2, 0.25) is 0 Å². The van der Waals surface area contributed by atoms with E-state index in [2.05, 4.69) is 6.92 Å². The molecule has 0 bridgehead atoms. The molecule has 5 nitrogen and oxygen atoms in total. The van der Waals surface area contributed by atoms with Crippen LogP contribution in [0.1, 0.15) is 54.2 Å². The van der Waals surface area contributed by atoms with Crippen molar-refractivity contribution >= 4 is 23.2 Å². The van der Waals surface area contributed by atoms with Gasteiger partial charge in [0.15, 0.2) is 0 Å². The van der Waals surface area contributed by atoms with Crippen LogP contribution in [0.5, 0.6) is 5.75 Å². The minimum Gasteiger partial charge on any atom is -0.493 e. The van der Waals surface area contributed by atoms with Crippen molar-refractivity contribution in [2.75, 3.05) is 16.4 Å². The Hall–Kier alpha value is -3.60. The summed E-state index contributed by atoms with van der Waals surface area (Å²) in [6.07, 6.45) is 1.91. The fourth-order valence-electron chi connectivity index (χ4n) is 5.05. The summed E-state index contributed by atoms with van der Waals surface area (Å²) in [5, 5.41) is 0. The van der Waals surface area contributed by atoms with E-state index in [1.165, 1.54) is 0 Å². The zero-order valence-corrected chi connectivity index (χ0v) is 19.0. The highest BCUT2D eigenvalue weighted by atomic mass is 16.5. The maximum absolute atomic E-state index is 13.7. The monoisotopic (exact) mass is 440 g/mol. The lowest BCUT2D eigenvalue weighted by Crippen LogP contribution is -2.47. The average molecular weight is 441 g/mol. The molecule has 168 valence electrons. The summed E-state index contributed by atoms with van der Waals surface area (Å²) in [7, 11) is 0. The number of nitrogens with zero attached hydrogens (tertiary/aromatic N) is 2. The second-order valence-corrected chi connectivity index (χ2v) is 8.71. The first-order valence-electron chi connectivity index (χ1n) is 11.6. The Morgan fingerprint density at radius 3 is 2.58 bits per heavy atom. The summed E-state index contributed by atoms with van der Waals surface area (Å²) in [5.74, 6) is 0.929. The molecule has 5 heteroatoms. The van der Waals surface area contributed by atoms with Gasteiger partial charge in [0.05, 0.1) is 12.6 Å². The highest BCUT2D eigenvalue weighted by Gasteiger charge is 2.38. The van der Waals surface area contributed by atoms with Gasteiger partial charge in [0.1, 0.15) is 5.75 Å². The topological polar surface area (TPSA) is 49.9 Å². The first kappa shape index (κ1) is 21.3. The Bertz CT molecular complexity index is 1190. The minimum atomic E-state index is -0.136. The molecule has 2 heterocycles. The van der Waals surface area contributed by atoms with Crippen molar-refractivity contribution in [3.8, 4) is 5.75 Å². The van der Waals surface area contributed by atoms with Crippen LogP contribution in [0.15, 0.2) is 72.8 Å². The molecule has 2 aliphatic heterocycles. The third kappa shape index (κ3) is 3.78. The van der Waals surface area contributed by atoms with Crippen LogP contribution < -0.4 is 14.5 Å². The molecule has 0 unspecified atom stereocenters. The number of carbonyl (C=O) groups excluding carboxylic acids is 2. The number of rotatable bonds is 4. The third-order valence-electron chi connectivity index (χ3n) is 6.63. The summed E-state index contributed by atoms with van der Waals surface area (Å²) >= 11 is 0. The Morgan fingerprint density at radius 2 is 1.79 bits per heavy atom. The van der Waals surface area contributed by atoms with Crippen molar-refractivity contribution < 1.29 is 14.3 Å². The first-order chi connectivity index (χ1) is 16.1. The van der Waals surface area contributed by atoms with Crippen LogP contribution in [0, 0.1) is 0 Å². The molecule has 3 aromatic rings. The number of para-hydroxylation sites is 2. The van der Waals surface area contributed by atoms with Gasteiger partial charge < -0.3 is 14.5 Å². The molecule has 2 aliphatic rings. The molecule has 0 spiro atoms. The van der Waals surface area contributed by atoms with Gasteiger partial charge in [-0.1, -0.05) is 43.3 Å². The van der Waals surface area contributed by atoms with Gasteiger partial charge >= 0.3 is 0 Å². The molecule has 0 saturated heterocycles. The van der Waals surface area contributed by atoms with Crippen molar-refractivity contribution in [2.45, 2.75) is 45.2 Å². The number of benzene rings is 3. The molecule has 0 aromatic heterocycles. The van der Waals surface area contributed by atoms with Crippen molar-refractivity contribution in [2.24, 2.45) is 0 Å². The second-order valence-electron chi connectivity index (χ2n) is 8.71. The molecular formula is C28H28N2O3. The molecule has 2 atom stereocenters. The minimum absolute atomic E-state index is 0.0174. The highest BCUT2D eigenvalue weighted by Crippen LogP contribution is 2.43. The summed E-state index contributed by atoms with van der Waals surface area (Å²) in [4.78, 5) is 30.6. The lowest BCUT2D eigenvalue weighted by Gasteiger charge is -2.43. The number of hydrogen-bond donors (Lipinski definition) is 0. The maximum Gasteiger partial charge on any atom is 0.258 e. The predicted octanol–water partition coefficient (Wildman–Crippen LogP) is 5.54. The largest absolute Gasteiger partial charge is 0.493 e. The number of hydrogen-bond acceptors (Lipinski definition) is 3. The zero-order chi connectivity index (χ0) is 22.9. The standard InChI is InChI=1S/C28H28N2O3/c1-3-27(31)30(22-9-5-4-6-10-22)25-17-19(2)29(24-12-8-7-11-23(24)25)28(32)21-13-14-26-20(18-21)15-16-33-26/h4-14,18-19,25H,3,15-17H2,1-2H3/t19-,25+/m0/s1. The van der Waals surface area contributed by atoms with E-state index in [4.69, 9.17) is 4.74 Å². The van der Waals surface area contributed by atoms with E-state index in [1.807, 2.05) is 89.5 Å². The molecule has 5 rings (SSSR count). The van der Waals surface area contributed by atoms with Crippen molar-refractivity contribution in [3.63, 3.8) is 0 Å². The number of ether oxygens (including phenoxy) is 1. The van der Waals surface area contributed by atoms with Gasteiger partial charge in [0, 0.05) is 35.8 Å². The van der Waals surface area contributed by atoms with Crippen molar-refractivity contribution in [3.05, 3.63) is 89.5 Å². The zero-order valence-electron chi connectivity index (χ0n) is 19.0. The van der Waals surface area contributed by atoms with Crippen LogP contribution in [0.4, 0.5) is 11.4 Å². The quantitative estimate of drug-likeness (QED) is 0.535.